The molecule has 0 spiro atoms. The van der Waals surface area contributed by atoms with Crippen molar-refractivity contribution in [3.63, 3.8) is 0 Å². The first kappa shape index (κ1) is 27.7. The van der Waals surface area contributed by atoms with Gasteiger partial charge in [0.25, 0.3) is 5.79 Å². The molecular formula is C18H31NO14. The van der Waals surface area contributed by atoms with Crippen molar-refractivity contribution in [2.45, 2.75) is 80.3 Å². The molecule has 1 amide bonds. The maximum Gasteiger partial charge on any atom is 0.364 e. The van der Waals surface area contributed by atoms with Gasteiger partial charge < -0.3 is 65.1 Å². The number of hydrogen-bond donors (Lipinski definition) is 9. The molecule has 2 heterocycles. The summed E-state index contributed by atoms with van der Waals surface area (Å²) >= 11 is 0. The Labute approximate surface area is 188 Å². The third-order valence-corrected chi connectivity index (χ3v) is 5.57. The number of aliphatic carboxylic acids is 1. The normalized spacial score (nSPS) is 41.2. The maximum atomic E-state index is 12.1. The average molecular weight is 485 g/mol. The predicted molar refractivity (Wildman–Crippen MR) is 102 cm³/mol. The van der Waals surface area contributed by atoms with Gasteiger partial charge >= 0.3 is 5.97 Å². The van der Waals surface area contributed by atoms with Gasteiger partial charge in [0.2, 0.25) is 5.91 Å². The van der Waals surface area contributed by atoms with Crippen molar-refractivity contribution in [3.05, 3.63) is 0 Å². The molecule has 2 rings (SSSR count). The van der Waals surface area contributed by atoms with Crippen LogP contribution < -0.4 is 5.32 Å². The zero-order valence-electron chi connectivity index (χ0n) is 17.9. The van der Waals surface area contributed by atoms with E-state index >= 15 is 0 Å². The lowest BCUT2D eigenvalue weighted by Gasteiger charge is -2.47. The lowest BCUT2D eigenvalue weighted by atomic mass is 9.88. The Hall–Kier alpha value is -1.50. The van der Waals surface area contributed by atoms with E-state index in [2.05, 4.69) is 5.32 Å². The largest absolute Gasteiger partial charge is 0.477 e. The fourth-order valence-electron chi connectivity index (χ4n) is 3.74. The first-order chi connectivity index (χ1) is 15.4. The molecule has 33 heavy (non-hydrogen) atoms. The van der Waals surface area contributed by atoms with Crippen LogP contribution in [0.5, 0.6) is 0 Å². The van der Waals surface area contributed by atoms with E-state index in [1.165, 1.54) is 0 Å². The molecule has 0 aromatic carbocycles. The Bertz CT molecular complexity index is 679. The molecule has 0 saturated carbocycles. The SMILES string of the molecule is CO[C@@H]1OC(CO[C@]2(C(=O)O)C[C@@H](O)[C@@H](NC(C)=O)C(C(O)[C@H](O)CO)O2)[C@H](O)[C@H](O)C1O. The number of ether oxygens (including phenoxy) is 4. The molecule has 192 valence electrons. The van der Waals surface area contributed by atoms with Gasteiger partial charge in [0, 0.05) is 20.5 Å². The number of hydrogen-bond acceptors (Lipinski definition) is 13. The summed E-state index contributed by atoms with van der Waals surface area (Å²) in [7, 11) is 1.16. The monoisotopic (exact) mass is 485 g/mol. The Balaban J connectivity index is 2.28. The van der Waals surface area contributed by atoms with Crippen molar-refractivity contribution in [1.82, 2.24) is 5.32 Å². The molecule has 11 atom stereocenters. The minimum atomic E-state index is -2.65. The minimum Gasteiger partial charge on any atom is -0.477 e. The van der Waals surface area contributed by atoms with Crippen molar-refractivity contribution in [1.29, 1.82) is 0 Å². The number of rotatable bonds is 9. The molecule has 0 radical (unpaired) electrons. The fraction of sp³-hybridized carbons (Fsp3) is 0.889. The van der Waals surface area contributed by atoms with Gasteiger partial charge in [0.15, 0.2) is 6.29 Å². The molecule has 9 N–H and O–H groups in total. The van der Waals surface area contributed by atoms with Crippen molar-refractivity contribution in [2.24, 2.45) is 0 Å². The summed E-state index contributed by atoms with van der Waals surface area (Å²) < 4.78 is 20.9. The van der Waals surface area contributed by atoms with Crippen molar-refractivity contribution in [3.8, 4) is 0 Å². The molecule has 0 aromatic rings. The summed E-state index contributed by atoms with van der Waals surface area (Å²) in [5.74, 6) is -5.06. The van der Waals surface area contributed by atoms with E-state index in [-0.39, 0.29) is 0 Å². The fourth-order valence-corrected chi connectivity index (χ4v) is 3.74. The molecule has 2 aliphatic heterocycles. The number of amides is 1. The number of carboxylic acids is 1. The number of carbonyl (C=O) groups is 2. The minimum absolute atomic E-state index is 0.654. The molecule has 0 bridgehead atoms. The molecule has 2 fully saturated rings. The first-order valence-electron chi connectivity index (χ1n) is 10.1. The average Bonchev–Trinajstić information content (AvgIpc) is 2.77. The van der Waals surface area contributed by atoms with Crippen LogP contribution >= 0.6 is 0 Å². The highest BCUT2D eigenvalue weighted by Crippen LogP contribution is 2.34. The van der Waals surface area contributed by atoms with Gasteiger partial charge in [-0.3, -0.25) is 4.79 Å². The van der Waals surface area contributed by atoms with E-state index < -0.39 is 98.5 Å². The van der Waals surface area contributed by atoms with E-state index in [0.29, 0.717) is 0 Å². The van der Waals surface area contributed by atoms with Gasteiger partial charge in [0.05, 0.1) is 25.4 Å². The summed E-state index contributed by atoms with van der Waals surface area (Å²) in [6.07, 6.45) is -15.7. The maximum absolute atomic E-state index is 12.1. The second-order valence-electron chi connectivity index (χ2n) is 7.94. The van der Waals surface area contributed by atoms with Crippen LogP contribution in [0.1, 0.15) is 13.3 Å². The van der Waals surface area contributed by atoms with Crippen molar-refractivity contribution in [2.75, 3.05) is 20.3 Å². The number of nitrogens with one attached hydrogen (secondary N) is 1. The van der Waals surface area contributed by atoms with E-state index in [1.807, 2.05) is 0 Å². The summed E-state index contributed by atoms with van der Waals surface area (Å²) in [5.41, 5.74) is 0. The smallest absolute Gasteiger partial charge is 0.364 e. The van der Waals surface area contributed by atoms with Crippen LogP contribution in [0.15, 0.2) is 0 Å². The standard InChI is InChI=1S/C18H31NO14/c1-6(21)19-10-7(22)3-18(17(28)29,33-15(10)11(24)8(23)4-20)31-5-9-12(25)13(26)14(27)16(30-2)32-9/h7-16,20,22-27H,3-5H2,1-2H3,(H,19,21)(H,28,29)/t7-,8-,9?,10-,11?,12+,13+,14?,15?,16-,18-/m1/s1. The Morgan fingerprint density at radius 3 is 2.30 bits per heavy atom. The van der Waals surface area contributed by atoms with Crippen molar-refractivity contribution >= 4 is 11.9 Å². The number of carboxylic acid groups (broad SMARTS) is 1. The van der Waals surface area contributed by atoms with Gasteiger partial charge in [-0.2, -0.15) is 0 Å². The molecule has 4 unspecified atom stereocenters. The van der Waals surface area contributed by atoms with Gasteiger partial charge in [0.1, 0.15) is 42.7 Å². The Morgan fingerprint density at radius 2 is 1.79 bits per heavy atom. The van der Waals surface area contributed by atoms with E-state index in [1.54, 1.807) is 0 Å². The molecule has 2 aliphatic rings. The van der Waals surface area contributed by atoms with E-state index in [4.69, 9.17) is 24.1 Å². The Morgan fingerprint density at radius 1 is 1.15 bits per heavy atom. The van der Waals surface area contributed by atoms with Crippen LogP contribution in [0.2, 0.25) is 0 Å². The van der Waals surface area contributed by atoms with Gasteiger partial charge in [-0.05, 0) is 0 Å². The second-order valence-corrected chi connectivity index (χ2v) is 7.94. The van der Waals surface area contributed by atoms with Crippen molar-refractivity contribution < 1.29 is 69.4 Å². The summed E-state index contributed by atoms with van der Waals surface area (Å²) in [6.45, 7) is -0.576. The molecular weight excluding hydrogens is 454 g/mol. The lowest BCUT2D eigenvalue weighted by molar-refractivity contribution is -0.336. The number of carbonyl (C=O) groups excluding carboxylic acids is 1. The molecule has 0 aliphatic carbocycles. The third kappa shape index (κ3) is 5.95. The highest BCUT2D eigenvalue weighted by atomic mass is 16.7. The number of methoxy groups -OCH3 is 1. The summed E-state index contributed by atoms with van der Waals surface area (Å²) in [5, 5.41) is 81.9. The molecule has 15 nitrogen and oxygen atoms in total. The summed E-state index contributed by atoms with van der Waals surface area (Å²) in [4.78, 5) is 23.6. The van der Waals surface area contributed by atoms with Crippen LogP contribution in [0.4, 0.5) is 0 Å². The van der Waals surface area contributed by atoms with Gasteiger partial charge in [-0.1, -0.05) is 0 Å². The second kappa shape index (κ2) is 11.3. The van der Waals surface area contributed by atoms with Crippen LogP contribution in [-0.2, 0) is 28.5 Å². The van der Waals surface area contributed by atoms with Crippen LogP contribution in [0.3, 0.4) is 0 Å². The topological polar surface area (TPSA) is 245 Å². The van der Waals surface area contributed by atoms with Crippen LogP contribution in [-0.4, -0.2) is 140 Å². The van der Waals surface area contributed by atoms with Gasteiger partial charge in [-0.15, -0.1) is 0 Å². The van der Waals surface area contributed by atoms with E-state index in [0.717, 1.165) is 14.0 Å². The Kier molecular flexibility index (Phi) is 9.49. The van der Waals surface area contributed by atoms with Crippen LogP contribution in [0.25, 0.3) is 0 Å². The molecule has 2 saturated heterocycles. The number of aliphatic hydroxyl groups is 7. The third-order valence-electron chi connectivity index (χ3n) is 5.57. The first-order valence-corrected chi connectivity index (χ1v) is 10.1. The predicted octanol–water partition coefficient (Wildman–Crippen LogP) is -5.39. The van der Waals surface area contributed by atoms with E-state index in [9.17, 15) is 45.3 Å². The zero-order chi connectivity index (χ0) is 25.1. The molecule has 15 heteroatoms. The highest BCUT2D eigenvalue weighted by molar-refractivity contribution is 5.76. The lowest BCUT2D eigenvalue weighted by Crippen LogP contribution is -2.68. The quantitative estimate of drug-likeness (QED) is 0.148. The van der Waals surface area contributed by atoms with Gasteiger partial charge in [-0.25, -0.2) is 4.79 Å². The zero-order valence-corrected chi connectivity index (χ0v) is 17.9. The van der Waals surface area contributed by atoms with Crippen LogP contribution in [0, 0.1) is 0 Å². The highest BCUT2D eigenvalue weighted by Gasteiger charge is 2.56. The summed E-state index contributed by atoms with van der Waals surface area (Å²) in [6, 6.07) is -1.37. The number of aliphatic hydroxyl groups excluding tert-OH is 7. The molecule has 0 aromatic heterocycles.